The van der Waals surface area contributed by atoms with Gasteiger partial charge in [0.15, 0.2) is 0 Å². The second-order valence-electron chi connectivity index (χ2n) is 7.32. The summed E-state index contributed by atoms with van der Waals surface area (Å²) in [5.74, 6) is -1.43. The molecule has 0 aliphatic carbocycles. The van der Waals surface area contributed by atoms with Crippen LogP contribution in [0.15, 0.2) is 54.6 Å². The minimum Gasteiger partial charge on any atom is -0.490 e. The van der Waals surface area contributed by atoms with Crippen molar-refractivity contribution in [3.63, 3.8) is 0 Å². The number of carboxylic acid groups (broad SMARTS) is 1. The first-order valence-corrected chi connectivity index (χ1v) is 9.85. The lowest BCUT2D eigenvalue weighted by molar-refractivity contribution is -0.143. The normalized spacial score (nSPS) is 11.2. The zero-order chi connectivity index (χ0) is 22.6. The Morgan fingerprint density at radius 1 is 1.03 bits per heavy atom. The van der Waals surface area contributed by atoms with Gasteiger partial charge in [-0.2, -0.15) is 0 Å². The number of carboxylic acids is 1. The second-order valence-corrected chi connectivity index (χ2v) is 7.72. The van der Waals surface area contributed by atoms with Crippen molar-refractivity contribution >= 4 is 34.2 Å². The van der Waals surface area contributed by atoms with E-state index in [-0.39, 0.29) is 30.3 Å². The Kier molecular flexibility index (Phi) is 6.65. The molecule has 3 aromatic rings. The van der Waals surface area contributed by atoms with Gasteiger partial charge in [0.2, 0.25) is 0 Å². The third kappa shape index (κ3) is 5.24. The third-order valence-corrected chi connectivity index (χ3v) is 4.87. The molecule has 0 atom stereocenters. The average Bonchev–Trinajstić information content (AvgIpc) is 2.73. The standard InChI is InChI=1S/C23H21ClFNO5/c1-23(2,22(28)29)26-21(27)18-13-19(24)16-5-3-4-6-17(16)20(18)31-12-11-30-15-9-7-14(25)8-10-15/h3-10,13H,11-12H2,1-2H3,(H,26,27)(H,28,29). The van der Waals surface area contributed by atoms with Gasteiger partial charge in [0.25, 0.3) is 5.91 Å². The minimum atomic E-state index is -1.49. The van der Waals surface area contributed by atoms with Crippen LogP contribution >= 0.6 is 11.6 Å². The van der Waals surface area contributed by atoms with Crippen LogP contribution in [0.5, 0.6) is 11.5 Å². The smallest absolute Gasteiger partial charge is 0.328 e. The Balaban J connectivity index is 1.86. The highest BCUT2D eigenvalue weighted by molar-refractivity contribution is 6.36. The number of carbonyl (C=O) groups excluding carboxylic acids is 1. The summed E-state index contributed by atoms with van der Waals surface area (Å²) in [6, 6.07) is 14.2. The number of halogens is 2. The lowest BCUT2D eigenvalue weighted by atomic mass is 10.0. The van der Waals surface area contributed by atoms with Crippen molar-refractivity contribution < 1.29 is 28.6 Å². The Morgan fingerprint density at radius 2 is 1.65 bits per heavy atom. The fourth-order valence-electron chi connectivity index (χ4n) is 2.87. The summed E-state index contributed by atoms with van der Waals surface area (Å²) in [5.41, 5.74) is -1.38. The molecule has 0 aromatic heterocycles. The molecule has 0 radical (unpaired) electrons. The summed E-state index contributed by atoms with van der Waals surface area (Å²) in [7, 11) is 0. The van der Waals surface area contributed by atoms with Gasteiger partial charge >= 0.3 is 5.97 Å². The summed E-state index contributed by atoms with van der Waals surface area (Å²) in [6.07, 6.45) is 0. The van der Waals surface area contributed by atoms with E-state index in [4.69, 9.17) is 21.1 Å². The summed E-state index contributed by atoms with van der Waals surface area (Å²) in [5, 5.41) is 13.4. The molecule has 0 fully saturated rings. The van der Waals surface area contributed by atoms with Crippen LogP contribution in [0, 0.1) is 5.82 Å². The predicted molar refractivity (Wildman–Crippen MR) is 116 cm³/mol. The number of carbonyl (C=O) groups is 2. The number of amides is 1. The first kappa shape index (κ1) is 22.4. The topological polar surface area (TPSA) is 84.9 Å². The van der Waals surface area contributed by atoms with Crippen molar-refractivity contribution in [1.29, 1.82) is 0 Å². The van der Waals surface area contributed by atoms with Gasteiger partial charge in [-0.1, -0.05) is 35.9 Å². The van der Waals surface area contributed by atoms with Crippen LogP contribution in [-0.2, 0) is 4.79 Å². The van der Waals surface area contributed by atoms with Crippen molar-refractivity contribution in [2.24, 2.45) is 0 Å². The van der Waals surface area contributed by atoms with E-state index in [1.807, 2.05) is 6.07 Å². The van der Waals surface area contributed by atoms with Gasteiger partial charge in [-0.15, -0.1) is 0 Å². The maximum Gasteiger partial charge on any atom is 0.328 e. The van der Waals surface area contributed by atoms with Gasteiger partial charge < -0.3 is 19.9 Å². The molecular formula is C23H21ClFNO5. The number of hydrogen-bond acceptors (Lipinski definition) is 4. The molecule has 0 unspecified atom stereocenters. The number of hydrogen-bond donors (Lipinski definition) is 2. The Labute approximate surface area is 183 Å². The lowest BCUT2D eigenvalue weighted by Gasteiger charge is -2.22. The zero-order valence-corrected chi connectivity index (χ0v) is 17.7. The molecule has 31 heavy (non-hydrogen) atoms. The number of fused-ring (bicyclic) bond motifs is 1. The molecule has 6 nitrogen and oxygen atoms in total. The lowest BCUT2D eigenvalue weighted by Crippen LogP contribution is -2.49. The summed E-state index contributed by atoms with van der Waals surface area (Å²) in [4.78, 5) is 24.3. The second kappa shape index (κ2) is 9.22. The van der Waals surface area contributed by atoms with E-state index in [2.05, 4.69) is 5.32 Å². The van der Waals surface area contributed by atoms with E-state index in [0.29, 0.717) is 21.5 Å². The van der Waals surface area contributed by atoms with Gasteiger partial charge in [-0.25, -0.2) is 9.18 Å². The molecule has 0 aliphatic heterocycles. The molecule has 0 saturated carbocycles. The average molecular weight is 446 g/mol. The molecule has 0 aliphatic rings. The van der Waals surface area contributed by atoms with Crippen LogP contribution in [0.3, 0.4) is 0 Å². The third-order valence-electron chi connectivity index (χ3n) is 4.56. The highest BCUT2D eigenvalue weighted by Gasteiger charge is 2.31. The molecule has 0 spiro atoms. The van der Waals surface area contributed by atoms with Crippen LogP contribution in [0.4, 0.5) is 4.39 Å². The molecule has 2 N–H and O–H groups in total. The molecular weight excluding hydrogens is 425 g/mol. The van der Waals surface area contributed by atoms with Crippen molar-refractivity contribution in [3.05, 3.63) is 71.0 Å². The van der Waals surface area contributed by atoms with Crippen LogP contribution in [0.25, 0.3) is 10.8 Å². The van der Waals surface area contributed by atoms with E-state index < -0.39 is 17.4 Å². The summed E-state index contributed by atoms with van der Waals surface area (Å²) < 4.78 is 24.4. The van der Waals surface area contributed by atoms with E-state index in [0.717, 1.165) is 0 Å². The predicted octanol–water partition coefficient (Wildman–Crippen LogP) is 4.68. The van der Waals surface area contributed by atoms with Crippen molar-refractivity contribution in [2.45, 2.75) is 19.4 Å². The van der Waals surface area contributed by atoms with Gasteiger partial charge in [0.05, 0.1) is 5.56 Å². The molecule has 0 heterocycles. The van der Waals surface area contributed by atoms with Crippen LogP contribution in [-0.4, -0.2) is 35.7 Å². The van der Waals surface area contributed by atoms with Crippen molar-refractivity contribution in [3.8, 4) is 11.5 Å². The number of benzene rings is 3. The molecule has 0 bridgehead atoms. The largest absolute Gasteiger partial charge is 0.490 e. The maximum absolute atomic E-state index is 13.0. The van der Waals surface area contributed by atoms with Crippen molar-refractivity contribution in [1.82, 2.24) is 5.32 Å². The molecule has 1 amide bonds. The quantitative estimate of drug-likeness (QED) is 0.492. The van der Waals surface area contributed by atoms with E-state index >= 15 is 0 Å². The molecule has 162 valence electrons. The van der Waals surface area contributed by atoms with Gasteiger partial charge in [-0.3, -0.25) is 4.79 Å². The molecule has 3 aromatic carbocycles. The van der Waals surface area contributed by atoms with Gasteiger partial charge in [0.1, 0.15) is 36.1 Å². The number of rotatable bonds is 8. The van der Waals surface area contributed by atoms with E-state index in [1.54, 1.807) is 18.2 Å². The van der Waals surface area contributed by atoms with Gasteiger partial charge in [-0.05, 0) is 44.2 Å². The SMILES string of the molecule is CC(C)(NC(=O)c1cc(Cl)c2ccccc2c1OCCOc1ccc(F)cc1)C(=O)O. The van der Waals surface area contributed by atoms with E-state index in [9.17, 15) is 19.1 Å². The minimum absolute atomic E-state index is 0.0889. The van der Waals surface area contributed by atoms with Crippen LogP contribution in [0.1, 0.15) is 24.2 Å². The zero-order valence-electron chi connectivity index (χ0n) is 16.9. The van der Waals surface area contributed by atoms with Crippen LogP contribution < -0.4 is 14.8 Å². The highest BCUT2D eigenvalue weighted by atomic mass is 35.5. The Hall–Kier alpha value is -3.32. The summed E-state index contributed by atoms with van der Waals surface area (Å²) in [6.45, 7) is 3.00. The van der Waals surface area contributed by atoms with Crippen LogP contribution in [0.2, 0.25) is 5.02 Å². The van der Waals surface area contributed by atoms with E-state index in [1.165, 1.54) is 44.2 Å². The molecule has 8 heteroatoms. The number of nitrogens with one attached hydrogen (secondary N) is 1. The molecule has 3 rings (SSSR count). The Bertz CT molecular complexity index is 1110. The fraction of sp³-hybridized carbons (Fsp3) is 0.217. The number of ether oxygens (including phenoxy) is 2. The molecule has 0 saturated heterocycles. The summed E-state index contributed by atoms with van der Waals surface area (Å²) >= 11 is 6.36. The monoisotopic (exact) mass is 445 g/mol. The van der Waals surface area contributed by atoms with Crippen molar-refractivity contribution in [2.75, 3.05) is 13.2 Å². The van der Waals surface area contributed by atoms with Gasteiger partial charge in [0, 0.05) is 15.8 Å². The Morgan fingerprint density at radius 3 is 2.29 bits per heavy atom. The maximum atomic E-state index is 13.0. The highest BCUT2D eigenvalue weighted by Crippen LogP contribution is 2.35. The first-order chi connectivity index (χ1) is 14.7. The number of aliphatic carboxylic acids is 1. The fourth-order valence-corrected chi connectivity index (χ4v) is 3.14. The first-order valence-electron chi connectivity index (χ1n) is 9.47.